The van der Waals surface area contributed by atoms with Gasteiger partial charge in [0.05, 0.1) is 5.69 Å². The van der Waals surface area contributed by atoms with E-state index in [9.17, 15) is 9.59 Å². The highest BCUT2D eigenvalue weighted by Gasteiger charge is 2.54. The minimum Gasteiger partial charge on any atom is -0.482 e. The van der Waals surface area contributed by atoms with Crippen LogP contribution in [0.3, 0.4) is 0 Å². The standard InChI is InChI=1S/C16H16BrNO3/c17-11-6-12-13(21-7-14(19)18-12)5-10(11)16(20)15-8-3-1-2-4-9(8)15/h5-6,8-9,15H,1-4,7H2,(H,18,19). The van der Waals surface area contributed by atoms with E-state index >= 15 is 0 Å². The Kier molecular flexibility index (Phi) is 3.06. The van der Waals surface area contributed by atoms with Crippen LogP contribution < -0.4 is 10.1 Å². The van der Waals surface area contributed by atoms with Gasteiger partial charge in [-0.25, -0.2) is 0 Å². The number of hydrogen-bond acceptors (Lipinski definition) is 3. The van der Waals surface area contributed by atoms with Gasteiger partial charge in [-0.3, -0.25) is 9.59 Å². The molecule has 1 aromatic rings. The van der Waals surface area contributed by atoms with E-state index in [0.717, 1.165) is 4.47 Å². The Bertz CT molecular complexity index is 631. The number of Topliss-reactive ketones (excluding diaryl/α,β-unsaturated/α-hetero) is 1. The van der Waals surface area contributed by atoms with Crippen molar-refractivity contribution in [3.63, 3.8) is 0 Å². The lowest BCUT2D eigenvalue weighted by atomic mass is 10.0. The Morgan fingerprint density at radius 3 is 2.67 bits per heavy atom. The van der Waals surface area contributed by atoms with Crippen LogP contribution in [-0.4, -0.2) is 18.3 Å². The Balaban J connectivity index is 1.63. The number of hydrogen-bond donors (Lipinski definition) is 1. The van der Waals surface area contributed by atoms with Crippen molar-refractivity contribution >= 4 is 33.3 Å². The van der Waals surface area contributed by atoms with Crippen LogP contribution in [0.2, 0.25) is 0 Å². The highest BCUT2D eigenvalue weighted by atomic mass is 79.9. The third-order valence-electron chi connectivity index (χ3n) is 4.93. The van der Waals surface area contributed by atoms with Crippen LogP contribution in [0.5, 0.6) is 5.75 Å². The average molecular weight is 350 g/mol. The summed E-state index contributed by atoms with van der Waals surface area (Å²) in [6, 6.07) is 3.54. The number of amides is 1. The second-order valence-electron chi connectivity index (χ2n) is 6.17. The molecule has 1 heterocycles. The van der Waals surface area contributed by atoms with E-state index in [2.05, 4.69) is 21.2 Å². The molecule has 21 heavy (non-hydrogen) atoms. The van der Waals surface area contributed by atoms with Crippen molar-refractivity contribution in [2.45, 2.75) is 25.7 Å². The number of carbonyl (C=O) groups excluding carboxylic acids is 2. The fourth-order valence-electron chi connectivity index (χ4n) is 3.85. The molecular weight excluding hydrogens is 334 g/mol. The molecular formula is C16H16BrNO3. The topological polar surface area (TPSA) is 55.4 Å². The van der Waals surface area contributed by atoms with Gasteiger partial charge in [-0.2, -0.15) is 0 Å². The van der Waals surface area contributed by atoms with Crippen molar-refractivity contribution in [3.05, 3.63) is 22.2 Å². The molecule has 0 saturated heterocycles. The molecule has 1 aromatic carbocycles. The molecule has 0 bridgehead atoms. The summed E-state index contributed by atoms with van der Waals surface area (Å²) in [6.45, 7) is 0.0109. The Morgan fingerprint density at radius 1 is 1.24 bits per heavy atom. The summed E-state index contributed by atoms with van der Waals surface area (Å²) in [4.78, 5) is 24.1. The molecule has 2 fully saturated rings. The monoisotopic (exact) mass is 349 g/mol. The zero-order valence-corrected chi connectivity index (χ0v) is 13.1. The highest BCUT2D eigenvalue weighted by Crippen LogP contribution is 2.57. The lowest BCUT2D eigenvalue weighted by Gasteiger charge is -2.19. The minimum absolute atomic E-state index is 0.0109. The summed E-state index contributed by atoms with van der Waals surface area (Å²) in [5.74, 6) is 2.03. The summed E-state index contributed by atoms with van der Waals surface area (Å²) in [6.07, 6.45) is 4.89. The normalized spacial score (nSPS) is 29.8. The quantitative estimate of drug-likeness (QED) is 0.832. The highest BCUT2D eigenvalue weighted by molar-refractivity contribution is 9.10. The van der Waals surface area contributed by atoms with Gasteiger partial charge >= 0.3 is 0 Å². The van der Waals surface area contributed by atoms with Gasteiger partial charge in [0.2, 0.25) is 0 Å². The van der Waals surface area contributed by atoms with Crippen LogP contribution in [0.25, 0.3) is 0 Å². The molecule has 110 valence electrons. The van der Waals surface area contributed by atoms with Crippen LogP contribution in [0, 0.1) is 17.8 Å². The SMILES string of the molecule is O=C1COc2cc(C(=O)C3C4CCCCC43)c(Br)cc2N1. The van der Waals surface area contributed by atoms with E-state index in [1.54, 1.807) is 12.1 Å². The first-order valence-electron chi connectivity index (χ1n) is 7.45. The molecule has 0 radical (unpaired) electrons. The molecule has 1 aliphatic heterocycles. The number of halogens is 1. The third kappa shape index (κ3) is 2.18. The first kappa shape index (κ1) is 13.3. The third-order valence-corrected chi connectivity index (χ3v) is 5.58. The molecule has 5 heteroatoms. The average Bonchev–Trinajstić information content (AvgIpc) is 3.20. The largest absolute Gasteiger partial charge is 0.482 e. The number of ether oxygens (including phenoxy) is 1. The number of benzene rings is 1. The Hall–Kier alpha value is -1.36. The lowest BCUT2D eigenvalue weighted by molar-refractivity contribution is -0.118. The molecule has 2 atom stereocenters. The van der Waals surface area contributed by atoms with Crippen LogP contribution in [0.15, 0.2) is 16.6 Å². The predicted molar refractivity (Wildman–Crippen MR) is 81.5 cm³/mol. The van der Waals surface area contributed by atoms with Crippen molar-refractivity contribution in [1.82, 2.24) is 0 Å². The molecule has 2 unspecified atom stereocenters. The van der Waals surface area contributed by atoms with Gasteiger partial charge in [0.25, 0.3) is 5.91 Å². The van der Waals surface area contributed by atoms with Crippen molar-refractivity contribution < 1.29 is 14.3 Å². The molecule has 0 spiro atoms. The summed E-state index contributed by atoms with van der Waals surface area (Å²) in [5.41, 5.74) is 1.31. The van der Waals surface area contributed by atoms with Crippen molar-refractivity contribution in [2.24, 2.45) is 17.8 Å². The molecule has 0 aromatic heterocycles. The fourth-order valence-corrected chi connectivity index (χ4v) is 4.39. The smallest absolute Gasteiger partial charge is 0.262 e. The number of rotatable bonds is 2. The molecule has 4 rings (SSSR count). The fraction of sp³-hybridized carbons (Fsp3) is 0.500. The first-order valence-corrected chi connectivity index (χ1v) is 8.25. The lowest BCUT2D eigenvalue weighted by Crippen LogP contribution is -2.25. The van der Waals surface area contributed by atoms with Gasteiger partial charge in [0.1, 0.15) is 5.75 Å². The van der Waals surface area contributed by atoms with Crippen molar-refractivity contribution in [2.75, 3.05) is 11.9 Å². The molecule has 4 nitrogen and oxygen atoms in total. The van der Waals surface area contributed by atoms with Crippen LogP contribution in [0.4, 0.5) is 5.69 Å². The Labute approximate surface area is 131 Å². The van der Waals surface area contributed by atoms with Gasteiger partial charge < -0.3 is 10.1 Å². The first-order chi connectivity index (χ1) is 10.1. The van der Waals surface area contributed by atoms with Gasteiger partial charge in [-0.1, -0.05) is 12.8 Å². The maximum atomic E-state index is 12.8. The van der Waals surface area contributed by atoms with Crippen LogP contribution >= 0.6 is 15.9 Å². The van der Waals surface area contributed by atoms with Gasteiger partial charge in [-0.05, 0) is 52.7 Å². The second-order valence-corrected chi connectivity index (χ2v) is 7.02. The zero-order chi connectivity index (χ0) is 14.6. The summed E-state index contributed by atoms with van der Waals surface area (Å²) in [5, 5.41) is 2.76. The number of carbonyl (C=O) groups is 2. The summed E-state index contributed by atoms with van der Waals surface area (Å²) < 4.78 is 6.15. The number of fused-ring (bicyclic) bond motifs is 2. The molecule has 3 aliphatic rings. The summed E-state index contributed by atoms with van der Waals surface area (Å²) in [7, 11) is 0. The van der Waals surface area contributed by atoms with Crippen LogP contribution in [0.1, 0.15) is 36.0 Å². The molecule has 1 N–H and O–H groups in total. The van der Waals surface area contributed by atoms with E-state index in [0.29, 0.717) is 28.8 Å². The minimum atomic E-state index is -0.165. The Morgan fingerprint density at radius 2 is 1.95 bits per heavy atom. The summed E-state index contributed by atoms with van der Waals surface area (Å²) >= 11 is 3.46. The van der Waals surface area contributed by atoms with Crippen molar-refractivity contribution in [1.29, 1.82) is 0 Å². The van der Waals surface area contributed by atoms with Gasteiger partial charge in [0.15, 0.2) is 12.4 Å². The maximum Gasteiger partial charge on any atom is 0.262 e. The number of anilines is 1. The predicted octanol–water partition coefficient (Wildman–Crippen LogP) is 3.40. The van der Waals surface area contributed by atoms with E-state index in [1.807, 2.05) is 0 Å². The number of nitrogens with one attached hydrogen (secondary N) is 1. The van der Waals surface area contributed by atoms with E-state index in [4.69, 9.17) is 4.74 Å². The molecule has 2 saturated carbocycles. The maximum absolute atomic E-state index is 12.8. The second kappa shape index (κ2) is 4.83. The van der Waals surface area contributed by atoms with Crippen molar-refractivity contribution in [3.8, 4) is 5.75 Å². The van der Waals surface area contributed by atoms with E-state index in [-0.39, 0.29) is 24.2 Å². The zero-order valence-electron chi connectivity index (χ0n) is 11.5. The van der Waals surface area contributed by atoms with Gasteiger partial charge in [0, 0.05) is 16.0 Å². The van der Waals surface area contributed by atoms with E-state index < -0.39 is 0 Å². The molecule has 1 amide bonds. The van der Waals surface area contributed by atoms with Crippen LogP contribution in [-0.2, 0) is 4.79 Å². The van der Waals surface area contributed by atoms with Gasteiger partial charge in [-0.15, -0.1) is 0 Å². The van der Waals surface area contributed by atoms with E-state index in [1.165, 1.54) is 25.7 Å². The number of ketones is 1. The molecule has 2 aliphatic carbocycles.